The molecule has 1 aromatic rings. The molecule has 0 bridgehead atoms. The van der Waals surface area contributed by atoms with E-state index in [1.165, 1.54) is 28.8 Å². The Morgan fingerprint density at radius 2 is 2.24 bits per heavy atom. The summed E-state index contributed by atoms with van der Waals surface area (Å²) < 4.78 is 0.333. The lowest BCUT2D eigenvalue weighted by molar-refractivity contribution is -0.384. The van der Waals surface area contributed by atoms with Gasteiger partial charge < -0.3 is 5.11 Å². The predicted molar refractivity (Wildman–Crippen MR) is 67.3 cm³/mol. The molecule has 0 radical (unpaired) electrons. The van der Waals surface area contributed by atoms with Crippen LogP contribution in [0.25, 0.3) is 0 Å². The molecule has 6 nitrogen and oxygen atoms in total. The third kappa shape index (κ3) is 2.08. The number of aromatic hydroxyl groups is 1. The van der Waals surface area contributed by atoms with E-state index >= 15 is 0 Å². The van der Waals surface area contributed by atoms with Gasteiger partial charge in [-0.25, -0.2) is 0 Å². The second kappa shape index (κ2) is 4.30. The van der Waals surface area contributed by atoms with E-state index in [4.69, 9.17) is 12.2 Å². The fraction of sp³-hybridized carbons (Fsp3) is 0.111. The Bertz CT molecular complexity index is 516. The monoisotopic (exact) mass is 270 g/mol. The summed E-state index contributed by atoms with van der Waals surface area (Å²) in [5.74, 6) is -0.364. The van der Waals surface area contributed by atoms with Gasteiger partial charge in [0.1, 0.15) is 10.1 Å². The molecule has 1 N–H and O–H groups in total. The second-order valence-corrected chi connectivity index (χ2v) is 4.82. The van der Waals surface area contributed by atoms with Gasteiger partial charge in [-0.3, -0.25) is 19.8 Å². The van der Waals surface area contributed by atoms with Gasteiger partial charge >= 0.3 is 0 Å². The normalized spacial score (nSPS) is 15.4. The molecule has 1 aliphatic heterocycles. The minimum Gasteiger partial charge on any atom is -0.505 e. The largest absolute Gasteiger partial charge is 0.505 e. The predicted octanol–water partition coefficient (Wildman–Crippen LogP) is 1.67. The summed E-state index contributed by atoms with van der Waals surface area (Å²) in [7, 11) is 0. The van der Waals surface area contributed by atoms with Crippen molar-refractivity contribution in [3.05, 3.63) is 28.3 Å². The number of thioether (sulfide) groups is 1. The summed E-state index contributed by atoms with van der Waals surface area (Å²) in [5, 5.41) is 20.2. The maximum absolute atomic E-state index is 11.5. The van der Waals surface area contributed by atoms with Crippen LogP contribution in [0.3, 0.4) is 0 Å². The number of benzene rings is 1. The standard InChI is InChI=1S/C9H6N2O4S2/c12-7-3-5(11(14)15)1-2-6(7)10-8(13)4-17-9(10)16/h1-3,12H,4H2. The third-order valence-electron chi connectivity index (χ3n) is 2.16. The minimum absolute atomic E-state index is 0.176. The lowest BCUT2D eigenvalue weighted by atomic mass is 10.2. The van der Waals surface area contributed by atoms with Crippen LogP contribution in [0.2, 0.25) is 0 Å². The number of nitro groups is 1. The molecule has 1 saturated heterocycles. The van der Waals surface area contributed by atoms with Crippen LogP contribution in [0.5, 0.6) is 5.75 Å². The van der Waals surface area contributed by atoms with Crippen molar-refractivity contribution in [3.8, 4) is 5.75 Å². The number of phenolic OH excluding ortho intramolecular Hbond substituents is 1. The fourth-order valence-electron chi connectivity index (χ4n) is 1.40. The Kier molecular flexibility index (Phi) is 2.99. The average Bonchev–Trinajstić information content (AvgIpc) is 2.59. The lowest BCUT2D eigenvalue weighted by Crippen LogP contribution is -2.27. The van der Waals surface area contributed by atoms with E-state index in [1.807, 2.05) is 0 Å². The van der Waals surface area contributed by atoms with Gasteiger partial charge in [0.05, 0.1) is 22.4 Å². The molecule has 1 aliphatic rings. The number of thiocarbonyl (C=S) groups is 1. The van der Waals surface area contributed by atoms with Crippen molar-refractivity contribution in [3.63, 3.8) is 0 Å². The maximum atomic E-state index is 11.5. The molecule has 1 fully saturated rings. The van der Waals surface area contributed by atoms with Crippen molar-refractivity contribution in [2.24, 2.45) is 0 Å². The van der Waals surface area contributed by atoms with Crippen molar-refractivity contribution < 1.29 is 14.8 Å². The number of carbonyl (C=O) groups is 1. The van der Waals surface area contributed by atoms with E-state index in [0.717, 1.165) is 6.07 Å². The first-order valence-electron chi connectivity index (χ1n) is 4.48. The Balaban J connectivity index is 2.43. The summed E-state index contributed by atoms with van der Waals surface area (Å²) in [5.41, 5.74) is -0.0629. The number of amides is 1. The summed E-state index contributed by atoms with van der Waals surface area (Å²) in [4.78, 5) is 22.6. The van der Waals surface area contributed by atoms with E-state index in [-0.39, 0.29) is 28.8 Å². The minimum atomic E-state index is -0.623. The van der Waals surface area contributed by atoms with E-state index in [1.54, 1.807) is 0 Å². The number of hydrogen-bond acceptors (Lipinski definition) is 6. The molecule has 0 unspecified atom stereocenters. The highest BCUT2D eigenvalue weighted by atomic mass is 32.2. The highest BCUT2D eigenvalue weighted by Crippen LogP contribution is 2.35. The van der Waals surface area contributed by atoms with Gasteiger partial charge in [-0.2, -0.15) is 0 Å². The number of non-ortho nitro benzene ring substituents is 1. The van der Waals surface area contributed by atoms with Crippen LogP contribution in [-0.2, 0) is 4.79 Å². The Labute approximate surface area is 105 Å². The fourth-order valence-corrected chi connectivity index (χ4v) is 2.48. The number of rotatable bonds is 2. The van der Waals surface area contributed by atoms with Crippen LogP contribution in [0, 0.1) is 10.1 Å². The molecular formula is C9H6N2O4S2. The molecule has 0 atom stereocenters. The molecule has 0 aliphatic carbocycles. The van der Waals surface area contributed by atoms with Gasteiger partial charge in [0, 0.05) is 6.07 Å². The Morgan fingerprint density at radius 1 is 1.53 bits per heavy atom. The summed E-state index contributed by atoms with van der Waals surface area (Å²) in [6, 6.07) is 3.52. The van der Waals surface area contributed by atoms with Crippen molar-refractivity contribution in [1.82, 2.24) is 0 Å². The number of anilines is 1. The number of phenols is 1. The zero-order chi connectivity index (χ0) is 12.6. The van der Waals surface area contributed by atoms with Gasteiger partial charge in [-0.15, -0.1) is 0 Å². The van der Waals surface area contributed by atoms with Gasteiger partial charge in [0.2, 0.25) is 5.91 Å². The summed E-state index contributed by atoms with van der Waals surface area (Å²) in [6.45, 7) is 0. The van der Waals surface area contributed by atoms with Crippen molar-refractivity contribution in [1.29, 1.82) is 0 Å². The van der Waals surface area contributed by atoms with Crippen LogP contribution in [0.4, 0.5) is 11.4 Å². The quantitative estimate of drug-likeness (QED) is 0.500. The molecule has 8 heteroatoms. The highest BCUT2D eigenvalue weighted by molar-refractivity contribution is 8.24. The molecule has 17 heavy (non-hydrogen) atoms. The zero-order valence-electron chi connectivity index (χ0n) is 8.32. The van der Waals surface area contributed by atoms with Gasteiger partial charge in [0.15, 0.2) is 0 Å². The van der Waals surface area contributed by atoms with Crippen LogP contribution in [0.1, 0.15) is 0 Å². The summed E-state index contributed by atoms with van der Waals surface area (Å²) in [6.07, 6.45) is 0. The van der Waals surface area contributed by atoms with E-state index in [2.05, 4.69) is 0 Å². The molecule has 1 aromatic carbocycles. The second-order valence-electron chi connectivity index (χ2n) is 3.21. The van der Waals surface area contributed by atoms with Gasteiger partial charge in [-0.05, 0) is 6.07 Å². The zero-order valence-corrected chi connectivity index (χ0v) is 9.96. The smallest absolute Gasteiger partial charge is 0.273 e. The molecular weight excluding hydrogens is 264 g/mol. The van der Waals surface area contributed by atoms with E-state index < -0.39 is 4.92 Å². The molecule has 1 amide bonds. The van der Waals surface area contributed by atoms with E-state index in [0.29, 0.717) is 4.32 Å². The van der Waals surface area contributed by atoms with Crippen LogP contribution >= 0.6 is 24.0 Å². The Hall–Kier alpha value is -1.67. The third-order valence-corrected chi connectivity index (χ3v) is 3.52. The average molecular weight is 270 g/mol. The van der Waals surface area contributed by atoms with Crippen molar-refractivity contribution in [2.45, 2.75) is 0 Å². The first-order valence-corrected chi connectivity index (χ1v) is 5.87. The first-order chi connectivity index (χ1) is 8.00. The maximum Gasteiger partial charge on any atom is 0.273 e. The van der Waals surface area contributed by atoms with Crippen molar-refractivity contribution in [2.75, 3.05) is 10.7 Å². The summed E-state index contributed by atoms with van der Waals surface area (Å²) >= 11 is 6.16. The lowest BCUT2D eigenvalue weighted by Gasteiger charge is -2.15. The molecule has 1 heterocycles. The molecule has 0 aromatic heterocycles. The molecule has 2 rings (SSSR count). The number of nitro benzene ring substituents is 1. The Morgan fingerprint density at radius 3 is 2.71 bits per heavy atom. The van der Waals surface area contributed by atoms with Crippen LogP contribution in [0.15, 0.2) is 18.2 Å². The van der Waals surface area contributed by atoms with Crippen LogP contribution in [-0.4, -0.2) is 26.0 Å². The first kappa shape index (κ1) is 11.8. The van der Waals surface area contributed by atoms with E-state index in [9.17, 15) is 20.0 Å². The van der Waals surface area contributed by atoms with Gasteiger partial charge in [0.25, 0.3) is 5.69 Å². The molecule has 88 valence electrons. The topological polar surface area (TPSA) is 83.7 Å². The molecule has 0 spiro atoms. The highest BCUT2D eigenvalue weighted by Gasteiger charge is 2.30. The number of hydrogen-bond donors (Lipinski definition) is 1. The van der Waals surface area contributed by atoms with Gasteiger partial charge in [-0.1, -0.05) is 24.0 Å². The van der Waals surface area contributed by atoms with Crippen molar-refractivity contribution >= 4 is 45.6 Å². The number of nitrogens with zero attached hydrogens (tertiary/aromatic N) is 2. The number of carbonyl (C=O) groups excluding carboxylic acids is 1. The van der Waals surface area contributed by atoms with Crippen LogP contribution < -0.4 is 4.90 Å². The SMILES string of the molecule is O=C1CSC(=S)N1c1ccc([N+](=O)[O-])cc1O. The molecule has 0 saturated carbocycles.